The standard InChI is InChI=1S/C5H9NOS/c1-4-5(2)8-3-6(4)7/h7H,3H2,1-2H3. The molecule has 0 saturated carbocycles. The lowest BCUT2D eigenvalue weighted by Gasteiger charge is -2.06. The van der Waals surface area contributed by atoms with Crippen LogP contribution in [0.2, 0.25) is 0 Å². The summed E-state index contributed by atoms with van der Waals surface area (Å²) in [5.41, 5.74) is 0.981. The average molecular weight is 131 g/mol. The number of nitrogens with zero attached hydrogens (tertiary/aromatic N) is 1. The van der Waals surface area contributed by atoms with Crippen LogP contribution in [0.3, 0.4) is 0 Å². The molecule has 46 valence electrons. The predicted molar refractivity (Wildman–Crippen MR) is 34.5 cm³/mol. The highest BCUT2D eigenvalue weighted by Gasteiger charge is 2.12. The van der Waals surface area contributed by atoms with Crippen LogP contribution in [0.25, 0.3) is 0 Å². The number of thioether (sulfide) groups is 1. The maximum atomic E-state index is 8.92. The Morgan fingerprint density at radius 1 is 1.62 bits per heavy atom. The molecule has 1 N–H and O–H groups in total. The van der Waals surface area contributed by atoms with Gasteiger partial charge in [0.1, 0.15) is 0 Å². The summed E-state index contributed by atoms with van der Waals surface area (Å²) in [5.74, 6) is 0.692. The van der Waals surface area contributed by atoms with Crippen LogP contribution in [0.15, 0.2) is 10.6 Å². The summed E-state index contributed by atoms with van der Waals surface area (Å²) in [7, 11) is 0. The van der Waals surface area contributed by atoms with Gasteiger partial charge in [-0.15, -0.1) is 11.8 Å². The van der Waals surface area contributed by atoms with Gasteiger partial charge in [0.25, 0.3) is 0 Å². The lowest BCUT2D eigenvalue weighted by atomic mass is 10.4. The monoisotopic (exact) mass is 131 g/mol. The minimum Gasteiger partial charge on any atom is -0.288 e. The van der Waals surface area contributed by atoms with Gasteiger partial charge < -0.3 is 0 Å². The summed E-state index contributed by atoms with van der Waals surface area (Å²) in [6.45, 7) is 3.92. The number of rotatable bonds is 0. The Kier molecular flexibility index (Phi) is 1.49. The first-order chi connectivity index (χ1) is 3.72. The van der Waals surface area contributed by atoms with Gasteiger partial charge in [0.05, 0.1) is 5.88 Å². The molecular formula is C5H9NOS. The summed E-state index contributed by atoms with van der Waals surface area (Å²) in [6.07, 6.45) is 0. The molecule has 3 heteroatoms. The fourth-order valence-electron chi connectivity index (χ4n) is 0.541. The maximum absolute atomic E-state index is 8.92. The molecule has 0 bridgehead atoms. The van der Waals surface area contributed by atoms with Crippen LogP contribution in [0.1, 0.15) is 13.8 Å². The lowest BCUT2D eigenvalue weighted by Crippen LogP contribution is -2.10. The van der Waals surface area contributed by atoms with Crippen molar-refractivity contribution in [2.45, 2.75) is 13.8 Å². The molecule has 0 aromatic heterocycles. The fourth-order valence-corrected chi connectivity index (χ4v) is 1.36. The van der Waals surface area contributed by atoms with E-state index in [4.69, 9.17) is 5.21 Å². The summed E-state index contributed by atoms with van der Waals surface area (Å²) in [6, 6.07) is 0. The quantitative estimate of drug-likeness (QED) is 0.540. The van der Waals surface area contributed by atoms with Crippen LogP contribution in [0, 0.1) is 0 Å². The number of allylic oxidation sites excluding steroid dienone is 2. The molecule has 1 rings (SSSR count). The van der Waals surface area contributed by atoms with Crippen LogP contribution in [-0.2, 0) is 0 Å². The van der Waals surface area contributed by atoms with E-state index in [1.165, 1.54) is 9.97 Å². The van der Waals surface area contributed by atoms with Gasteiger partial charge in [-0.25, -0.2) is 0 Å². The minimum absolute atomic E-state index is 0.692. The highest BCUT2D eigenvalue weighted by atomic mass is 32.2. The Balaban J connectivity index is 2.71. The highest BCUT2D eigenvalue weighted by molar-refractivity contribution is 8.03. The molecule has 0 aliphatic carbocycles. The van der Waals surface area contributed by atoms with Crippen LogP contribution >= 0.6 is 11.8 Å². The minimum atomic E-state index is 0.692. The van der Waals surface area contributed by atoms with Crippen LogP contribution in [0.5, 0.6) is 0 Å². The van der Waals surface area contributed by atoms with Gasteiger partial charge in [-0.2, -0.15) is 0 Å². The molecule has 0 aromatic rings. The molecule has 0 spiro atoms. The third-order valence-electron chi connectivity index (χ3n) is 1.30. The van der Waals surface area contributed by atoms with E-state index in [1.54, 1.807) is 11.8 Å². The molecule has 8 heavy (non-hydrogen) atoms. The normalized spacial score (nSPS) is 20.6. The van der Waals surface area contributed by atoms with E-state index in [2.05, 4.69) is 0 Å². The smallest absolute Gasteiger partial charge is 0.0947 e. The lowest BCUT2D eigenvalue weighted by molar-refractivity contribution is -0.0323. The maximum Gasteiger partial charge on any atom is 0.0947 e. The van der Waals surface area contributed by atoms with Crippen LogP contribution in [0.4, 0.5) is 0 Å². The second-order valence-corrected chi connectivity index (χ2v) is 2.97. The molecular weight excluding hydrogens is 122 g/mol. The third kappa shape index (κ3) is 0.833. The third-order valence-corrected chi connectivity index (χ3v) is 2.40. The first kappa shape index (κ1) is 5.98. The number of hydrogen-bond acceptors (Lipinski definition) is 3. The molecule has 0 radical (unpaired) electrons. The zero-order valence-corrected chi connectivity index (χ0v) is 5.83. The molecule has 1 aliphatic heterocycles. The van der Waals surface area contributed by atoms with Crippen molar-refractivity contribution in [1.82, 2.24) is 5.06 Å². The van der Waals surface area contributed by atoms with E-state index in [9.17, 15) is 0 Å². The highest BCUT2D eigenvalue weighted by Crippen LogP contribution is 2.28. The van der Waals surface area contributed by atoms with Gasteiger partial charge in [-0.3, -0.25) is 10.3 Å². The van der Waals surface area contributed by atoms with Gasteiger partial charge in [-0.05, 0) is 13.8 Å². The van der Waals surface area contributed by atoms with Crippen LogP contribution < -0.4 is 0 Å². The van der Waals surface area contributed by atoms with E-state index >= 15 is 0 Å². The molecule has 1 aliphatic rings. The van der Waals surface area contributed by atoms with E-state index < -0.39 is 0 Å². The molecule has 0 aromatic carbocycles. The Bertz CT molecular complexity index is 132. The molecule has 2 nitrogen and oxygen atoms in total. The van der Waals surface area contributed by atoms with Gasteiger partial charge in [0.2, 0.25) is 0 Å². The topological polar surface area (TPSA) is 23.5 Å². The van der Waals surface area contributed by atoms with Gasteiger partial charge >= 0.3 is 0 Å². The Morgan fingerprint density at radius 3 is 2.38 bits per heavy atom. The largest absolute Gasteiger partial charge is 0.288 e. The Morgan fingerprint density at radius 2 is 2.25 bits per heavy atom. The van der Waals surface area contributed by atoms with E-state index in [0.29, 0.717) is 5.88 Å². The zero-order chi connectivity index (χ0) is 6.15. The summed E-state index contributed by atoms with van der Waals surface area (Å²) < 4.78 is 0. The van der Waals surface area contributed by atoms with Gasteiger partial charge in [0, 0.05) is 10.6 Å². The number of hydroxylamine groups is 2. The first-order valence-electron chi connectivity index (χ1n) is 2.48. The van der Waals surface area contributed by atoms with E-state index in [0.717, 1.165) is 5.70 Å². The Hall–Kier alpha value is -0.150. The molecule has 0 fully saturated rings. The van der Waals surface area contributed by atoms with Crippen molar-refractivity contribution < 1.29 is 5.21 Å². The van der Waals surface area contributed by atoms with E-state index in [1.807, 2.05) is 13.8 Å². The molecule has 0 saturated heterocycles. The predicted octanol–water partition coefficient (Wildman–Crippen LogP) is 1.63. The van der Waals surface area contributed by atoms with Crippen LogP contribution in [-0.4, -0.2) is 16.1 Å². The molecule has 0 amide bonds. The molecule has 0 unspecified atom stereocenters. The molecule has 1 heterocycles. The summed E-state index contributed by atoms with van der Waals surface area (Å²) >= 11 is 1.67. The van der Waals surface area contributed by atoms with E-state index in [-0.39, 0.29) is 0 Å². The van der Waals surface area contributed by atoms with Crippen molar-refractivity contribution in [3.8, 4) is 0 Å². The summed E-state index contributed by atoms with van der Waals surface area (Å²) in [5, 5.41) is 10.2. The second kappa shape index (κ2) is 1.99. The SMILES string of the molecule is CC1=C(C)N(O)CS1. The molecule has 0 atom stereocenters. The Labute approximate surface area is 53.1 Å². The zero-order valence-electron chi connectivity index (χ0n) is 5.01. The van der Waals surface area contributed by atoms with Crippen molar-refractivity contribution in [1.29, 1.82) is 0 Å². The average Bonchev–Trinajstić information content (AvgIpc) is 1.98. The van der Waals surface area contributed by atoms with Crippen molar-refractivity contribution in [3.05, 3.63) is 10.6 Å². The number of hydrogen-bond donors (Lipinski definition) is 1. The van der Waals surface area contributed by atoms with Gasteiger partial charge in [0.15, 0.2) is 0 Å². The summed E-state index contributed by atoms with van der Waals surface area (Å²) in [4.78, 5) is 1.22. The van der Waals surface area contributed by atoms with Crippen molar-refractivity contribution in [3.63, 3.8) is 0 Å². The van der Waals surface area contributed by atoms with Crippen molar-refractivity contribution in [2.75, 3.05) is 5.88 Å². The fraction of sp³-hybridized carbons (Fsp3) is 0.600. The second-order valence-electron chi connectivity index (χ2n) is 1.81. The van der Waals surface area contributed by atoms with Crippen molar-refractivity contribution >= 4 is 11.8 Å². The van der Waals surface area contributed by atoms with Gasteiger partial charge in [-0.1, -0.05) is 0 Å². The van der Waals surface area contributed by atoms with Crippen molar-refractivity contribution in [2.24, 2.45) is 0 Å². The first-order valence-corrected chi connectivity index (χ1v) is 3.47.